The number of hydrogen-bond donors (Lipinski definition) is 0. The van der Waals surface area contributed by atoms with Gasteiger partial charge in [0.2, 0.25) is 0 Å². The molecule has 12 heavy (non-hydrogen) atoms. The van der Waals surface area contributed by atoms with E-state index in [0.717, 1.165) is 0 Å². The van der Waals surface area contributed by atoms with E-state index in [1.807, 2.05) is 0 Å². The van der Waals surface area contributed by atoms with E-state index in [0.29, 0.717) is 0 Å². The zero-order chi connectivity index (χ0) is 9.57. The Bertz CT molecular complexity index is 176. The first-order valence-corrected chi connectivity index (χ1v) is 3.96. The molecular weight excluding hydrogens is 169 g/mol. The molecule has 0 spiro atoms. The molecule has 0 aromatic carbocycles. The molecule has 0 N–H and O–H groups in total. The van der Waals surface area contributed by atoms with Gasteiger partial charge in [0.25, 0.3) is 0 Å². The molecule has 1 fully saturated rings. The Morgan fingerprint density at radius 1 is 1.42 bits per heavy atom. The van der Waals surface area contributed by atoms with Crippen molar-refractivity contribution in [1.82, 2.24) is 0 Å². The zero-order valence-electron chi connectivity index (χ0n) is 7.40. The summed E-state index contributed by atoms with van der Waals surface area (Å²) in [6.45, 7) is 3.52. The van der Waals surface area contributed by atoms with Crippen molar-refractivity contribution in [3.05, 3.63) is 0 Å². The number of alkyl halides is 3. The van der Waals surface area contributed by atoms with Crippen LogP contribution in [0.5, 0.6) is 0 Å². The number of hydrogen-bond acceptors (Lipinski definition) is 1. The van der Waals surface area contributed by atoms with E-state index in [1.54, 1.807) is 13.8 Å². The molecule has 4 heteroatoms. The van der Waals surface area contributed by atoms with Crippen LogP contribution in [0.15, 0.2) is 0 Å². The normalized spacial score (nSPS) is 35.8. The lowest BCUT2D eigenvalue weighted by atomic mass is 10.0. The summed E-state index contributed by atoms with van der Waals surface area (Å²) in [5.74, 6) is -1.33. The highest BCUT2D eigenvalue weighted by molar-refractivity contribution is 5.10. The van der Waals surface area contributed by atoms with Crippen LogP contribution in [-0.2, 0) is 4.74 Å². The Morgan fingerprint density at radius 3 is 2.00 bits per heavy atom. The van der Waals surface area contributed by atoms with Crippen molar-refractivity contribution in [1.29, 1.82) is 0 Å². The molecule has 0 aromatic heterocycles. The molecule has 2 unspecified atom stereocenters. The fourth-order valence-electron chi connectivity index (χ4n) is 1.75. The maximum Gasteiger partial charge on any atom is 0.394 e. The first-order chi connectivity index (χ1) is 5.34. The highest BCUT2D eigenvalue weighted by Crippen LogP contribution is 2.59. The third-order valence-corrected chi connectivity index (χ3v) is 2.71. The van der Waals surface area contributed by atoms with E-state index in [1.165, 1.54) is 7.11 Å². The first kappa shape index (κ1) is 9.84. The molecule has 0 saturated heterocycles. The molecule has 0 aromatic rings. The maximum atomic E-state index is 12.2. The van der Waals surface area contributed by atoms with Crippen LogP contribution in [0.3, 0.4) is 0 Å². The summed E-state index contributed by atoms with van der Waals surface area (Å²) >= 11 is 0. The zero-order valence-corrected chi connectivity index (χ0v) is 7.40. The van der Waals surface area contributed by atoms with Gasteiger partial charge in [-0.2, -0.15) is 13.2 Å². The van der Waals surface area contributed by atoms with Crippen molar-refractivity contribution in [3.63, 3.8) is 0 Å². The van der Waals surface area contributed by atoms with E-state index in [2.05, 4.69) is 0 Å². The summed E-state index contributed by atoms with van der Waals surface area (Å²) in [4.78, 5) is 0. The molecule has 1 aliphatic rings. The minimum atomic E-state index is -4.10. The summed E-state index contributed by atoms with van der Waals surface area (Å²) < 4.78 is 41.5. The van der Waals surface area contributed by atoms with E-state index in [-0.39, 0.29) is 12.3 Å². The Kier molecular flexibility index (Phi) is 2.15. The Morgan fingerprint density at radius 2 is 1.92 bits per heavy atom. The van der Waals surface area contributed by atoms with Crippen LogP contribution in [0, 0.1) is 11.8 Å². The largest absolute Gasteiger partial charge is 0.394 e. The molecule has 0 bridgehead atoms. The first-order valence-electron chi connectivity index (χ1n) is 3.96. The fraction of sp³-hybridized carbons (Fsp3) is 1.00. The highest BCUT2D eigenvalue weighted by Gasteiger charge is 2.68. The number of methoxy groups -OCH3 is 1. The Hall–Kier alpha value is -0.250. The average molecular weight is 182 g/mol. The monoisotopic (exact) mass is 182 g/mol. The minimum Gasteiger partial charge on any atom is -0.377 e. The van der Waals surface area contributed by atoms with Crippen molar-refractivity contribution in [3.8, 4) is 0 Å². The number of ether oxygens (including phenoxy) is 1. The summed E-state index contributed by atoms with van der Waals surface area (Å²) in [5.41, 5.74) is -0.932. The molecule has 1 nitrogen and oxygen atoms in total. The summed E-state index contributed by atoms with van der Waals surface area (Å²) in [7, 11) is 1.35. The maximum absolute atomic E-state index is 12.2. The lowest BCUT2D eigenvalue weighted by Crippen LogP contribution is -2.28. The Balaban J connectivity index is 2.68. The second-order valence-electron chi connectivity index (χ2n) is 3.61. The topological polar surface area (TPSA) is 9.23 Å². The quantitative estimate of drug-likeness (QED) is 0.637. The predicted molar refractivity (Wildman–Crippen MR) is 38.7 cm³/mol. The standard InChI is InChI=1S/C8H13F3O/c1-5(2)7(12-3)4-6(7)8(9,10)11/h5-6H,4H2,1-3H3. The van der Waals surface area contributed by atoms with Gasteiger partial charge in [-0.25, -0.2) is 0 Å². The molecule has 72 valence electrons. The van der Waals surface area contributed by atoms with Gasteiger partial charge >= 0.3 is 6.18 Å². The van der Waals surface area contributed by atoms with Gasteiger partial charge < -0.3 is 4.74 Å². The van der Waals surface area contributed by atoms with Crippen molar-refractivity contribution in [2.45, 2.75) is 32.0 Å². The SMILES string of the molecule is COC1(C(C)C)CC1C(F)(F)F. The Labute approximate surface area is 69.9 Å². The van der Waals surface area contributed by atoms with Crippen LogP contribution in [0.25, 0.3) is 0 Å². The summed E-state index contributed by atoms with van der Waals surface area (Å²) in [6.07, 6.45) is -3.98. The van der Waals surface area contributed by atoms with Crippen LogP contribution in [-0.4, -0.2) is 18.9 Å². The van der Waals surface area contributed by atoms with Crippen LogP contribution < -0.4 is 0 Å². The van der Waals surface area contributed by atoms with Gasteiger partial charge in [0.1, 0.15) is 0 Å². The van der Waals surface area contributed by atoms with Crippen molar-refractivity contribution in [2.75, 3.05) is 7.11 Å². The van der Waals surface area contributed by atoms with Crippen LogP contribution in [0.2, 0.25) is 0 Å². The second-order valence-corrected chi connectivity index (χ2v) is 3.61. The summed E-state index contributed by atoms with van der Waals surface area (Å²) in [5, 5.41) is 0. The van der Waals surface area contributed by atoms with Crippen molar-refractivity contribution in [2.24, 2.45) is 11.8 Å². The van der Waals surface area contributed by atoms with Crippen LogP contribution in [0.4, 0.5) is 13.2 Å². The van der Waals surface area contributed by atoms with Crippen molar-refractivity contribution < 1.29 is 17.9 Å². The molecular formula is C8H13F3O. The van der Waals surface area contributed by atoms with Crippen LogP contribution in [0.1, 0.15) is 20.3 Å². The van der Waals surface area contributed by atoms with E-state index in [4.69, 9.17) is 4.74 Å². The van der Waals surface area contributed by atoms with Gasteiger partial charge in [-0.05, 0) is 12.3 Å². The molecule has 0 radical (unpaired) electrons. The fourth-order valence-corrected chi connectivity index (χ4v) is 1.75. The van der Waals surface area contributed by atoms with Gasteiger partial charge in [0.05, 0.1) is 11.5 Å². The van der Waals surface area contributed by atoms with Gasteiger partial charge in [-0.1, -0.05) is 13.8 Å². The summed E-state index contributed by atoms with van der Waals surface area (Å²) in [6, 6.07) is 0. The van der Waals surface area contributed by atoms with Gasteiger partial charge in [0.15, 0.2) is 0 Å². The molecule has 2 atom stereocenters. The lowest BCUT2D eigenvalue weighted by molar-refractivity contribution is -0.170. The average Bonchev–Trinajstić information content (AvgIpc) is 2.60. The van der Waals surface area contributed by atoms with E-state index >= 15 is 0 Å². The van der Waals surface area contributed by atoms with Gasteiger partial charge in [0, 0.05) is 7.11 Å². The highest BCUT2D eigenvalue weighted by atomic mass is 19.4. The molecule has 1 rings (SSSR count). The predicted octanol–water partition coefficient (Wildman–Crippen LogP) is 2.61. The lowest BCUT2D eigenvalue weighted by Gasteiger charge is -2.20. The molecule has 1 saturated carbocycles. The van der Waals surface area contributed by atoms with E-state index in [9.17, 15) is 13.2 Å². The third-order valence-electron chi connectivity index (χ3n) is 2.71. The second kappa shape index (κ2) is 2.62. The smallest absolute Gasteiger partial charge is 0.377 e. The molecule has 0 amide bonds. The molecule has 0 aliphatic heterocycles. The van der Waals surface area contributed by atoms with Gasteiger partial charge in [-0.3, -0.25) is 0 Å². The molecule has 0 heterocycles. The number of rotatable bonds is 2. The molecule has 1 aliphatic carbocycles. The van der Waals surface area contributed by atoms with Crippen molar-refractivity contribution >= 4 is 0 Å². The van der Waals surface area contributed by atoms with E-state index < -0.39 is 17.7 Å². The number of halogens is 3. The minimum absolute atomic E-state index is 0.0749. The third kappa shape index (κ3) is 1.32. The van der Waals surface area contributed by atoms with Crippen LogP contribution >= 0.6 is 0 Å². The van der Waals surface area contributed by atoms with Gasteiger partial charge in [-0.15, -0.1) is 0 Å².